The van der Waals surface area contributed by atoms with Crippen LogP contribution < -0.4 is 0 Å². The van der Waals surface area contributed by atoms with E-state index in [0.717, 1.165) is 12.0 Å². The molecule has 0 aromatic carbocycles. The molecule has 3 heterocycles. The van der Waals surface area contributed by atoms with Crippen molar-refractivity contribution in [2.75, 3.05) is 13.1 Å². The Labute approximate surface area is 146 Å². The summed E-state index contributed by atoms with van der Waals surface area (Å²) < 4.78 is 3.24. The highest BCUT2D eigenvalue weighted by Crippen LogP contribution is 2.31. The zero-order valence-electron chi connectivity index (χ0n) is 14.6. The lowest BCUT2D eigenvalue weighted by Gasteiger charge is -2.38. The number of nitrogens with zero attached hydrogens (tertiary/aromatic N) is 5. The van der Waals surface area contributed by atoms with E-state index in [0.29, 0.717) is 38.2 Å². The van der Waals surface area contributed by atoms with Crippen LogP contribution in [0.4, 0.5) is 0 Å². The third-order valence-electron chi connectivity index (χ3n) is 4.80. The van der Waals surface area contributed by atoms with Crippen LogP contribution in [-0.2, 0) is 16.9 Å². The van der Waals surface area contributed by atoms with Crippen LogP contribution in [0, 0.1) is 6.92 Å². The summed E-state index contributed by atoms with van der Waals surface area (Å²) in [5.74, 6) is -1.000. The summed E-state index contributed by atoms with van der Waals surface area (Å²) >= 11 is 0. The van der Waals surface area contributed by atoms with Crippen molar-refractivity contribution in [2.45, 2.75) is 45.2 Å². The fraction of sp³-hybridized carbons (Fsp3) is 0.529. The summed E-state index contributed by atoms with van der Waals surface area (Å²) in [5, 5.41) is 18.2. The number of carbonyl (C=O) groups excluding carboxylic acids is 1. The zero-order valence-corrected chi connectivity index (χ0v) is 14.6. The SMILES string of the molecule is CCCn1nccc1C(=O)N1CCC(C(=O)O)(n2cc(C)cn2)CC1. The third kappa shape index (κ3) is 3.04. The van der Waals surface area contributed by atoms with Gasteiger partial charge >= 0.3 is 5.97 Å². The minimum absolute atomic E-state index is 0.0958. The van der Waals surface area contributed by atoms with Gasteiger partial charge in [0.2, 0.25) is 0 Å². The quantitative estimate of drug-likeness (QED) is 0.887. The fourth-order valence-electron chi connectivity index (χ4n) is 3.33. The van der Waals surface area contributed by atoms with Crippen LogP contribution >= 0.6 is 0 Å². The Balaban J connectivity index is 1.77. The monoisotopic (exact) mass is 345 g/mol. The van der Waals surface area contributed by atoms with Crippen LogP contribution in [0.3, 0.4) is 0 Å². The molecular weight excluding hydrogens is 322 g/mol. The number of amides is 1. The van der Waals surface area contributed by atoms with Gasteiger partial charge in [-0.25, -0.2) is 4.79 Å². The van der Waals surface area contributed by atoms with Gasteiger partial charge in [-0.05, 0) is 25.0 Å². The molecule has 0 bridgehead atoms. The molecule has 1 N–H and O–H groups in total. The molecule has 1 aliphatic heterocycles. The van der Waals surface area contributed by atoms with E-state index in [1.807, 2.05) is 13.8 Å². The summed E-state index contributed by atoms with van der Waals surface area (Å²) in [6.07, 6.45) is 6.59. The minimum Gasteiger partial charge on any atom is -0.479 e. The number of carbonyl (C=O) groups is 2. The Kier molecular flexibility index (Phi) is 4.61. The van der Waals surface area contributed by atoms with Crippen LogP contribution in [0.15, 0.2) is 24.7 Å². The average Bonchev–Trinajstić information content (AvgIpc) is 3.24. The number of hydrogen-bond donors (Lipinski definition) is 1. The Morgan fingerprint density at radius 2 is 2.00 bits per heavy atom. The molecule has 8 heteroatoms. The standard InChI is InChI=1S/C17H23N5O3/c1-3-8-21-14(4-7-18-21)15(23)20-9-5-17(6-10-20,16(24)25)22-12-13(2)11-19-22/h4,7,11-12H,3,5-6,8-10H2,1-2H3,(H,24,25). The summed E-state index contributed by atoms with van der Waals surface area (Å²) in [6.45, 7) is 5.35. The molecule has 25 heavy (non-hydrogen) atoms. The van der Waals surface area contributed by atoms with E-state index in [4.69, 9.17) is 0 Å². The normalized spacial score (nSPS) is 16.8. The maximum atomic E-state index is 12.8. The Morgan fingerprint density at radius 1 is 1.28 bits per heavy atom. The Bertz CT molecular complexity index is 771. The first-order valence-electron chi connectivity index (χ1n) is 8.54. The van der Waals surface area contributed by atoms with Crippen LogP contribution in [0.5, 0.6) is 0 Å². The Morgan fingerprint density at radius 3 is 2.56 bits per heavy atom. The van der Waals surface area contributed by atoms with E-state index in [1.54, 1.807) is 34.2 Å². The van der Waals surface area contributed by atoms with E-state index in [2.05, 4.69) is 10.2 Å². The molecule has 1 fully saturated rings. The molecular formula is C17H23N5O3. The van der Waals surface area contributed by atoms with Gasteiger partial charge in [-0.15, -0.1) is 0 Å². The van der Waals surface area contributed by atoms with Crippen molar-refractivity contribution in [2.24, 2.45) is 0 Å². The number of likely N-dealkylation sites (tertiary alicyclic amines) is 1. The summed E-state index contributed by atoms with van der Waals surface area (Å²) in [5.41, 5.74) is 0.386. The van der Waals surface area contributed by atoms with Crippen LogP contribution in [-0.4, -0.2) is 54.5 Å². The first-order chi connectivity index (χ1) is 12.0. The largest absolute Gasteiger partial charge is 0.479 e. The van der Waals surface area contributed by atoms with Crippen LogP contribution in [0.1, 0.15) is 42.2 Å². The van der Waals surface area contributed by atoms with Gasteiger partial charge in [-0.1, -0.05) is 6.92 Å². The second-order valence-corrected chi connectivity index (χ2v) is 6.53. The van der Waals surface area contributed by atoms with Gasteiger partial charge < -0.3 is 10.0 Å². The Hall–Kier alpha value is -2.64. The average molecular weight is 345 g/mol. The summed E-state index contributed by atoms with van der Waals surface area (Å²) in [4.78, 5) is 26.4. The predicted molar refractivity (Wildman–Crippen MR) is 90.2 cm³/mol. The molecule has 0 spiro atoms. The number of carboxylic acid groups (broad SMARTS) is 1. The van der Waals surface area contributed by atoms with Crippen molar-refractivity contribution in [3.05, 3.63) is 35.9 Å². The molecule has 1 saturated heterocycles. The molecule has 2 aromatic rings. The summed E-state index contributed by atoms with van der Waals surface area (Å²) in [6, 6.07) is 1.72. The fourth-order valence-corrected chi connectivity index (χ4v) is 3.33. The van der Waals surface area contributed by atoms with Gasteiger partial charge in [0.1, 0.15) is 5.69 Å². The van der Waals surface area contributed by atoms with Gasteiger partial charge in [0.05, 0.1) is 6.20 Å². The highest BCUT2D eigenvalue weighted by Gasteiger charge is 2.45. The van der Waals surface area contributed by atoms with E-state index in [-0.39, 0.29) is 5.91 Å². The summed E-state index contributed by atoms with van der Waals surface area (Å²) in [7, 11) is 0. The second-order valence-electron chi connectivity index (χ2n) is 6.53. The van der Waals surface area contributed by atoms with Gasteiger partial charge in [0.25, 0.3) is 5.91 Å². The third-order valence-corrected chi connectivity index (χ3v) is 4.80. The second kappa shape index (κ2) is 6.70. The molecule has 8 nitrogen and oxygen atoms in total. The maximum Gasteiger partial charge on any atom is 0.331 e. The van der Waals surface area contributed by atoms with E-state index in [1.165, 1.54) is 4.68 Å². The number of piperidine rings is 1. The number of aromatic nitrogens is 4. The maximum absolute atomic E-state index is 12.8. The van der Waals surface area contributed by atoms with E-state index >= 15 is 0 Å². The molecule has 0 atom stereocenters. The number of carboxylic acids is 1. The molecule has 1 aliphatic rings. The number of aryl methyl sites for hydroxylation is 2. The highest BCUT2D eigenvalue weighted by atomic mass is 16.4. The van der Waals surface area contributed by atoms with Gasteiger partial charge in [0, 0.05) is 44.9 Å². The van der Waals surface area contributed by atoms with E-state index < -0.39 is 11.5 Å². The van der Waals surface area contributed by atoms with Crippen LogP contribution in [0.25, 0.3) is 0 Å². The molecule has 0 saturated carbocycles. The first kappa shape index (κ1) is 17.2. The van der Waals surface area contributed by atoms with Crippen molar-refractivity contribution in [1.82, 2.24) is 24.5 Å². The smallest absolute Gasteiger partial charge is 0.331 e. The lowest BCUT2D eigenvalue weighted by Crippen LogP contribution is -2.52. The molecule has 134 valence electrons. The molecule has 0 radical (unpaired) electrons. The zero-order chi connectivity index (χ0) is 18.0. The van der Waals surface area contributed by atoms with Crippen molar-refractivity contribution < 1.29 is 14.7 Å². The van der Waals surface area contributed by atoms with Crippen molar-refractivity contribution in [3.63, 3.8) is 0 Å². The molecule has 1 amide bonds. The molecule has 0 unspecified atom stereocenters. The topological polar surface area (TPSA) is 93.3 Å². The number of rotatable bonds is 5. The predicted octanol–water partition coefficient (Wildman–Crippen LogP) is 1.51. The first-order valence-corrected chi connectivity index (χ1v) is 8.54. The lowest BCUT2D eigenvalue weighted by molar-refractivity contribution is -0.150. The van der Waals surface area contributed by atoms with Crippen molar-refractivity contribution in [3.8, 4) is 0 Å². The van der Waals surface area contributed by atoms with Crippen LogP contribution in [0.2, 0.25) is 0 Å². The molecule has 0 aliphatic carbocycles. The molecule has 3 rings (SSSR count). The number of hydrogen-bond acceptors (Lipinski definition) is 4. The van der Waals surface area contributed by atoms with Crippen molar-refractivity contribution in [1.29, 1.82) is 0 Å². The van der Waals surface area contributed by atoms with Gasteiger partial charge in [0.15, 0.2) is 5.54 Å². The van der Waals surface area contributed by atoms with Gasteiger partial charge in [-0.2, -0.15) is 10.2 Å². The van der Waals surface area contributed by atoms with Crippen molar-refractivity contribution >= 4 is 11.9 Å². The highest BCUT2D eigenvalue weighted by molar-refractivity contribution is 5.92. The van der Waals surface area contributed by atoms with E-state index in [9.17, 15) is 14.7 Å². The molecule has 2 aromatic heterocycles. The lowest BCUT2D eigenvalue weighted by atomic mass is 9.87. The van der Waals surface area contributed by atoms with Gasteiger partial charge in [-0.3, -0.25) is 14.2 Å². The minimum atomic E-state index is -1.09. The number of aliphatic carboxylic acids is 1.